The molecule has 1 fully saturated rings. The third-order valence-corrected chi connectivity index (χ3v) is 3.63. The van der Waals surface area contributed by atoms with Gasteiger partial charge in [0.1, 0.15) is 5.82 Å². The molecule has 0 radical (unpaired) electrons. The minimum atomic E-state index is 0.555. The summed E-state index contributed by atoms with van der Waals surface area (Å²) in [6.45, 7) is 5.21. The topological polar surface area (TPSA) is 49.8 Å². The quantitative estimate of drug-likeness (QED) is 0.767. The summed E-state index contributed by atoms with van der Waals surface area (Å²) >= 11 is 0. The number of rotatable bonds is 6. The highest BCUT2D eigenvalue weighted by atomic mass is 15.2. The summed E-state index contributed by atoms with van der Waals surface area (Å²) in [5.74, 6) is 1.73. The van der Waals surface area contributed by atoms with Crippen LogP contribution >= 0.6 is 0 Å². The van der Waals surface area contributed by atoms with Gasteiger partial charge in [-0.15, -0.1) is 0 Å². The maximum Gasteiger partial charge on any atom is 0.225 e. The molecule has 0 spiro atoms. The molecule has 0 atom stereocenters. The zero-order chi connectivity index (χ0) is 13.5. The van der Waals surface area contributed by atoms with Gasteiger partial charge >= 0.3 is 0 Å². The van der Waals surface area contributed by atoms with Gasteiger partial charge in [0, 0.05) is 24.3 Å². The van der Waals surface area contributed by atoms with Crippen molar-refractivity contribution in [3.05, 3.63) is 11.8 Å². The van der Waals surface area contributed by atoms with Crippen LogP contribution in [-0.2, 0) is 0 Å². The highest BCUT2D eigenvalue weighted by Crippen LogP contribution is 2.21. The molecule has 4 heteroatoms. The SMILES string of the molecule is CCCCNc1cc(C)nc(NC2CCCCC2)n1. The average molecular weight is 262 g/mol. The lowest BCUT2D eigenvalue weighted by molar-refractivity contribution is 0.461. The van der Waals surface area contributed by atoms with E-state index in [2.05, 4.69) is 27.5 Å². The zero-order valence-electron chi connectivity index (χ0n) is 12.2. The second kappa shape index (κ2) is 7.31. The molecule has 2 rings (SSSR count). The predicted octanol–water partition coefficient (Wildman–Crippen LogP) is 3.74. The molecule has 19 heavy (non-hydrogen) atoms. The molecule has 2 N–H and O–H groups in total. The lowest BCUT2D eigenvalue weighted by Gasteiger charge is -2.23. The van der Waals surface area contributed by atoms with Gasteiger partial charge in [-0.1, -0.05) is 32.6 Å². The van der Waals surface area contributed by atoms with Gasteiger partial charge in [-0.25, -0.2) is 4.98 Å². The van der Waals surface area contributed by atoms with Crippen molar-refractivity contribution in [1.82, 2.24) is 9.97 Å². The number of hydrogen-bond donors (Lipinski definition) is 2. The molecular formula is C15H26N4. The summed E-state index contributed by atoms with van der Waals surface area (Å²) in [6.07, 6.45) is 8.89. The van der Waals surface area contributed by atoms with Gasteiger partial charge in [0.2, 0.25) is 5.95 Å². The summed E-state index contributed by atoms with van der Waals surface area (Å²) in [4.78, 5) is 9.06. The third kappa shape index (κ3) is 4.69. The van der Waals surface area contributed by atoms with Gasteiger partial charge in [-0.05, 0) is 26.2 Å². The lowest BCUT2D eigenvalue weighted by Crippen LogP contribution is -2.23. The van der Waals surface area contributed by atoms with Crippen LogP contribution in [0.5, 0.6) is 0 Å². The molecule has 4 nitrogen and oxygen atoms in total. The average Bonchev–Trinajstić information content (AvgIpc) is 2.39. The number of anilines is 2. The molecule has 0 bridgehead atoms. The molecule has 0 unspecified atom stereocenters. The first-order chi connectivity index (χ1) is 9.28. The van der Waals surface area contributed by atoms with Crippen molar-refractivity contribution < 1.29 is 0 Å². The Bertz CT molecular complexity index is 386. The molecule has 1 saturated carbocycles. The van der Waals surface area contributed by atoms with Crippen molar-refractivity contribution in [2.24, 2.45) is 0 Å². The Morgan fingerprint density at radius 3 is 2.74 bits per heavy atom. The third-order valence-electron chi connectivity index (χ3n) is 3.63. The van der Waals surface area contributed by atoms with E-state index in [1.54, 1.807) is 0 Å². The van der Waals surface area contributed by atoms with Gasteiger partial charge in [0.05, 0.1) is 0 Å². The van der Waals surface area contributed by atoms with Crippen LogP contribution in [0, 0.1) is 6.92 Å². The fraction of sp³-hybridized carbons (Fsp3) is 0.733. The van der Waals surface area contributed by atoms with Gasteiger partial charge < -0.3 is 10.6 Å². The number of nitrogens with one attached hydrogen (secondary N) is 2. The first-order valence-corrected chi connectivity index (χ1v) is 7.64. The predicted molar refractivity (Wildman–Crippen MR) is 80.7 cm³/mol. The van der Waals surface area contributed by atoms with Crippen molar-refractivity contribution >= 4 is 11.8 Å². The zero-order valence-corrected chi connectivity index (χ0v) is 12.2. The van der Waals surface area contributed by atoms with Crippen LogP contribution in [0.25, 0.3) is 0 Å². The lowest BCUT2D eigenvalue weighted by atomic mass is 9.96. The van der Waals surface area contributed by atoms with E-state index in [-0.39, 0.29) is 0 Å². The summed E-state index contributed by atoms with van der Waals surface area (Å²) in [6, 6.07) is 2.57. The Morgan fingerprint density at radius 1 is 1.21 bits per heavy atom. The largest absolute Gasteiger partial charge is 0.370 e. The van der Waals surface area contributed by atoms with E-state index in [9.17, 15) is 0 Å². The van der Waals surface area contributed by atoms with Gasteiger partial charge in [-0.2, -0.15) is 4.98 Å². The number of unbranched alkanes of at least 4 members (excludes halogenated alkanes) is 1. The minimum absolute atomic E-state index is 0.555. The first-order valence-electron chi connectivity index (χ1n) is 7.64. The summed E-state index contributed by atoms with van der Waals surface area (Å²) < 4.78 is 0. The van der Waals surface area contributed by atoms with Crippen LogP contribution in [-0.4, -0.2) is 22.6 Å². The molecule has 0 aromatic carbocycles. The molecule has 1 aliphatic carbocycles. The van der Waals surface area contributed by atoms with Crippen molar-refractivity contribution in [1.29, 1.82) is 0 Å². The molecule has 1 aromatic rings. The Kier molecular flexibility index (Phi) is 5.43. The summed E-state index contributed by atoms with van der Waals surface area (Å²) in [7, 11) is 0. The Labute approximate surface area is 116 Å². The smallest absolute Gasteiger partial charge is 0.225 e. The van der Waals surface area contributed by atoms with Gasteiger partial charge in [-0.3, -0.25) is 0 Å². The van der Waals surface area contributed by atoms with Crippen LogP contribution in [0.4, 0.5) is 11.8 Å². The van der Waals surface area contributed by atoms with E-state index in [4.69, 9.17) is 0 Å². The molecule has 1 heterocycles. The second-order valence-corrected chi connectivity index (χ2v) is 5.48. The maximum absolute atomic E-state index is 4.57. The van der Waals surface area contributed by atoms with Gasteiger partial charge in [0.25, 0.3) is 0 Å². The van der Waals surface area contributed by atoms with E-state index in [0.717, 1.165) is 24.0 Å². The summed E-state index contributed by atoms with van der Waals surface area (Å²) in [5.41, 5.74) is 1.02. The maximum atomic E-state index is 4.57. The van der Waals surface area contributed by atoms with Crippen molar-refractivity contribution in [3.8, 4) is 0 Å². The van der Waals surface area contributed by atoms with Crippen LogP contribution in [0.1, 0.15) is 57.6 Å². The molecule has 1 aromatic heterocycles. The molecule has 0 saturated heterocycles. The van der Waals surface area contributed by atoms with Crippen LogP contribution < -0.4 is 10.6 Å². The highest BCUT2D eigenvalue weighted by molar-refractivity contribution is 5.42. The number of nitrogens with zero attached hydrogens (tertiary/aromatic N) is 2. The number of hydrogen-bond acceptors (Lipinski definition) is 4. The van der Waals surface area contributed by atoms with Crippen LogP contribution in [0.15, 0.2) is 6.07 Å². The van der Waals surface area contributed by atoms with Gasteiger partial charge in [0.15, 0.2) is 0 Å². The fourth-order valence-corrected chi connectivity index (χ4v) is 2.55. The fourth-order valence-electron chi connectivity index (χ4n) is 2.55. The van der Waals surface area contributed by atoms with Crippen molar-refractivity contribution in [2.75, 3.05) is 17.2 Å². The molecule has 0 amide bonds. The Morgan fingerprint density at radius 2 is 2.00 bits per heavy atom. The highest BCUT2D eigenvalue weighted by Gasteiger charge is 2.14. The molecule has 1 aliphatic rings. The van der Waals surface area contributed by atoms with Crippen LogP contribution in [0.2, 0.25) is 0 Å². The monoisotopic (exact) mass is 262 g/mol. The summed E-state index contributed by atoms with van der Waals surface area (Å²) in [5, 5.41) is 6.86. The molecule has 0 aliphatic heterocycles. The number of aryl methyl sites for hydroxylation is 1. The minimum Gasteiger partial charge on any atom is -0.370 e. The molecule has 106 valence electrons. The van der Waals surface area contributed by atoms with Crippen molar-refractivity contribution in [2.45, 2.75) is 64.8 Å². The standard InChI is InChI=1S/C15H26N4/c1-3-4-10-16-14-11-12(2)17-15(19-14)18-13-8-6-5-7-9-13/h11,13H,3-10H2,1-2H3,(H2,16,17,18,19). The number of aromatic nitrogens is 2. The van der Waals surface area contributed by atoms with E-state index in [1.807, 2.05) is 13.0 Å². The Hall–Kier alpha value is -1.32. The second-order valence-electron chi connectivity index (χ2n) is 5.48. The van der Waals surface area contributed by atoms with E-state index >= 15 is 0 Å². The molecular weight excluding hydrogens is 236 g/mol. The van der Waals surface area contributed by atoms with E-state index in [0.29, 0.717) is 6.04 Å². The van der Waals surface area contributed by atoms with Crippen molar-refractivity contribution in [3.63, 3.8) is 0 Å². The first kappa shape index (κ1) is 14.1. The van der Waals surface area contributed by atoms with Crippen LogP contribution in [0.3, 0.4) is 0 Å². The van der Waals surface area contributed by atoms with E-state index in [1.165, 1.54) is 44.9 Å². The van der Waals surface area contributed by atoms with E-state index < -0.39 is 0 Å². The normalized spacial score (nSPS) is 16.3. The Balaban J connectivity index is 1.95.